The van der Waals surface area contributed by atoms with Crippen LogP contribution in [-0.4, -0.2) is 51.8 Å². The van der Waals surface area contributed by atoms with Gasteiger partial charge in [-0.1, -0.05) is 57.9 Å². The molecule has 0 aliphatic heterocycles. The normalized spacial score (nSPS) is 10.5. The summed E-state index contributed by atoms with van der Waals surface area (Å²) in [5.74, 6) is -2.58. The fourth-order valence-electron chi connectivity index (χ4n) is 2.62. The predicted octanol–water partition coefficient (Wildman–Crippen LogP) is 1.54. The van der Waals surface area contributed by atoms with Crippen molar-refractivity contribution in [2.45, 2.75) is 19.7 Å². The Morgan fingerprint density at radius 1 is 0.829 bits per heavy atom. The maximum Gasteiger partial charge on any atom is 0.360 e. The van der Waals surface area contributed by atoms with Gasteiger partial charge in [-0.05, 0) is 30.2 Å². The number of carbonyl (C=O) groups excluding carboxylic acids is 2. The lowest BCUT2D eigenvalue weighted by molar-refractivity contribution is -0.133. The van der Waals surface area contributed by atoms with E-state index in [0.717, 1.165) is 0 Å². The number of carbonyl (C=O) groups is 2. The molecule has 0 heterocycles. The number of nitrogens with zero attached hydrogens (tertiary/aromatic N) is 2. The number of aryl methyl sites for hydroxylation is 1. The smallest absolute Gasteiger partial charge is 0.360 e. The van der Waals surface area contributed by atoms with E-state index in [0.29, 0.717) is 16.5 Å². The molecule has 0 bridgehead atoms. The molecule has 0 atom stereocenters. The highest BCUT2D eigenvalue weighted by Crippen LogP contribution is 2.18. The van der Waals surface area contributed by atoms with Crippen LogP contribution in [0.15, 0.2) is 46.7 Å². The van der Waals surface area contributed by atoms with Crippen molar-refractivity contribution < 1.29 is 54.5 Å². The highest BCUT2D eigenvalue weighted by molar-refractivity contribution is 9.08. The third kappa shape index (κ3) is 9.36. The lowest BCUT2D eigenvalue weighted by Gasteiger charge is -2.09. The standard InChI is InChI=1S/C11H11BrFNO3.C11H12FNO3.CH4.BrH/c1-16-11(15)10(14-17-2)9-7(6-12)4-3-5-8(9)13;1-7-5-4-6-8(12)9(7)10(13-16-3)11(14)15-2;;/h3-5H,6H2,1-2H3;4-6H,1-3H3;1H4;1H/p-1. The Balaban J connectivity index is 0. The SMILES string of the molecule is C.CON=C(C(=O)OC)c1c(C)cccc1F.CON=C(C(=O)OC)c1c(F)cccc1CBr.[Br-]. The van der Waals surface area contributed by atoms with Gasteiger partial charge in [0.15, 0.2) is 11.4 Å². The number of benzene rings is 2. The van der Waals surface area contributed by atoms with Crippen molar-refractivity contribution in [1.82, 2.24) is 0 Å². The molecule has 0 aliphatic rings. The Kier molecular flexibility index (Phi) is 17.2. The van der Waals surface area contributed by atoms with E-state index in [4.69, 9.17) is 0 Å². The van der Waals surface area contributed by atoms with Crippen LogP contribution in [0.1, 0.15) is 29.7 Å². The number of rotatable bonds is 7. The molecule has 0 aliphatic carbocycles. The largest absolute Gasteiger partial charge is 1.00 e. The van der Waals surface area contributed by atoms with Gasteiger partial charge in [0, 0.05) is 10.9 Å². The van der Waals surface area contributed by atoms with Crippen molar-refractivity contribution in [2.24, 2.45) is 10.3 Å². The van der Waals surface area contributed by atoms with Gasteiger partial charge in [-0.2, -0.15) is 0 Å². The van der Waals surface area contributed by atoms with E-state index in [-0.39, 0.29) is 47.0 Å². The van der Waals surface area contributed by atoms with Crippen LogP contribution in [0.25, 0.3) is 0 Å². The molecule has 0 radical (unpaired) electrons. The number of alkyl halides is 1. The van der Waals surface area contributed by atoms with Gasteiger partial charge in [-0.25, -0.2) is 18.4 Å². The van der Waals surface area contributed by atoms with E-state index in [2.05, 4.69) is 45.4 Å². The number of oxime groups is 2. The molecule has 12 heteroatoms. The van der Waals surface area contributed by atoms with E-state index in [1.54, 1.807) is 31.2 Å². The average Bonchev–Trinajstić information content (AvgIpc) is 2.81. The molecule has 0 N–H and O–H groups in total. The summed E-state index contributed by atoms with van der Waals surface area (Å²) < 4.78 is 36.4. The topological polar surface area (TPSA) is 95.8 Å². The maximum absolute atomic E-state index is 13.7. The summed E-state index contributed by atoms with van der Waals surface area (Å²) in [6.45, 7) is 1.67. The van der Waals surface area contributed by atoms with Crippen LogP contribution < -0.4 is 17.0 Å². The van der Waals surface area contributed by atoms with Crippen LogP contribution in [0.2, 0.25) is 0 Å². The fraction of sp³-hybridized carbons (Fsp3) is 0.304. The second-order valence-corrected chi connectivity index (χ2v) is 6.63. The molecule has 35 heavy (non-hydrogen) atoms. The van der Waals surface area contributed by atoms with Crippen LogP contribution in [0.4, 0.5) is 8.78 Å². The van der Waals surface area contributed by atoms with Crippen molar-refractivity contribution >= 4 is 39.3 Å². The first-order valence-corrected chi connectivity index (χ1v) is 10.4. The first-order chi connectivity index (χ1) is 15.8. The summed E-state index contributed by atoms with van der Waals surface area (Å²) in [7, 11) is 4.95. The van der Waals surface area contributed by atoms with Gasteiger partial charge in [0.05, 0.1) is 19.8 Å². The number of hydrogen-bond donors (Lipinski definition) is 0. The number of hydrogen-bond acceptors (Lipinski definition) is 8. The first kappa shape index (κ1) is 34.3. The summed E-state index contributed by atoms with van der Waals surface area (Å²) in [5.41, 5.74) is 0.977. The zero-order chi connectivity index (χ0) is 25.0. The summed E-state index contributed by atoms with van der Waals surface area (Å²) in [6, 6.07) is 8.95. The van der Waals surface area contributed by atoms with Crippen LogP contribution in [0, 0.1) is 18.6 Å². The molecular formula is C23H27Br2F2N2O6-. The Morgan fingerprint density at radius 3 is 1.66 bits per heavy atom. The monoisotopic (exact) mass is 623 g/mol. The van der Waals surface area contributed by atoms with Gasteiger partial charge in [0.25, 0.3) is 0 Å². The second kappa shape index (κ2) is 17.6. The Hall–Kier alpha value is -2.86. The van der Waals surface area contributed by atoms with Crippen molar-refractivity contribution in [2.75, 3.05) is 28.4 Å². The fourth-order valence-corrected chi connectivity index (χ4v) is 3.09. The molecule has 2 rings (SSSR count). The minimum atomic E-state index is -0.751. The van der Waals surface area contributed by atoms with E-state index < -0.39 is 23.6 Å². The Morgan fingerprint density at radius 2 is 1.26 bits per heavy atom. The zero-order valence-corrected chi connectivity index (χ0v) is 22.2. The number of ether oxygens (including phenoxy) is 2. The van der Waals surface area contributed by atoms with Crippen LogP contribution in [0.3, 0.4) is 0 Å². The molecule has 0 saturated carbocycles. The number of methoxy groups -OCH3 is 2. The Bertz CT molecular complexity index is 1030. The van der Waals surface area contributed by atoms with E-state index in [1.807, 2.05) is 0 Å². The lowest BCUT2D eigenvalue weighted by Crippen LogP contribution is -3.00. The number of halogens is 4. The molecule has 0 amide bonds. The molecule has 8 nitrogen and oxygen atoms in total. The van der Waals surface area contributed by atoms with Crippen LogP contribution in [0.5, 0.6) is 0 Å². The minimum Gasteiger partial charge on any atom is -1.00 e. The van der Waals surface area contributed by atoms with Gasteiger partial charge in [-0.3, -0.25) is 0 Å². The van der Waals surface area contributed by atoms with Crippen molar-refractivity contribution in [3.8, 4) is 0 Å². The quantitative estimate of drug-likeness (QED) is 0.201. The van der Waals surface area contributed by atoms with Gasteiger partial charge >= 0.3 is 11.9 Å². The van der Waals surface area contributed by atoms with Crippen LogP contribution >= 0.6 is 15.9 Å². The van der Waals surface area contributed by atoms with E-state index in [9.17, 15) is 18.4 Å². The number of esters is 2. The summed E-state index contributed by atoms with van der Waals surface area (Å²) in [4.78, 5) is 32.0. The summed E-state index contributed by atoms with van der Waals surface area (Å²) in [6.07, 6.45) is 0. The van der Waals surface area contributed by atoms with Crippen molar-refractivity contribution in [3.63, 3.8) is 0 Å². The highest BCUT2D eigenvalue weighted by atomic mass is 79.9. The molecule has 194 valence electrons. The lowest BCUT2D eigenvalue weighted by atomic mass is 10.0. The van der Waals surface area contributed by atoms with Crippen molar-refractivity contribution in [1.29, 1.82) is 0 Å². The van der Waals surface area contributed by atoms with Gasteiger partial charge in [-0.15, -0.1) is 0 Å². The van der Waals surface area contributed by atoms with Gasteiger partial charge < -0.3 is 36.1 Å². The molecule has 0 fully saturated rings. The molecule has 0 saturated heterocycles. The summed E-state index contributed by atoms with van der Waals surface area (Å²) >= 11 is 3.22. The molecule has 0 aromatic heterocycles. The van der Waals surface area contributed by atoms with E-state index >= 15 is 0 Å². The predicted molar refractivity (Wildman–Crippen MR) is 128 cm³/mol. The third-order valence-electron chi connectivity index (χ3n) is 4.06. The van der Waals surface area contributed by atoms with Gasteiger partial charge in [0.2, 0.25) is 0 Å². The molecule has 2 aromatic carbocycles. The third-order valence-corrected chi connectivity index (χ3v) is 4.67. The minimum absolute atomic E-state index is 0. The Labute approximate surface area is 222 Å². The molecular weight excluding hydrogens is 598 g/mol. The first-order valence-electron chi connectivity index (χ1n) is 9.25. The molecule has 2 aromatic rings. The maximum atomic E-state index is 13.7. The van der Waals surface area contributed by atoms with E-state index in [1.165, 1.54) is 40.6 Å². The zero-order valence-electron chi connectivity index (χ0n) is 19.0. The molecule has 0 spiro atoms. The van der Waals surface area contributed by atoms with Crippen LogP contribution in [-0.2, 0) is 34.1 Å². The summed E-state index contributed by atoms with van der Waals surface area (Å²) in [5, 5.41) is 7.39. The highest BCUT2D eigenvalue weighted by Gasteiger charge is 2.23. The average molecular weight is 625 g/mol. The second-order valence-electron chi connectivity index (χ2n) is 6.07. The van der Waals surface area contributed by atoms with Crippen molar-refractivity contribution in [3.05, 3.63) is 70.3 Å². The van der Waals surface area contributed by atoms with Gasteiger partial charge in [0.1, 0.15) is 25.9 Å². The molecule has 0 unspecified atom stereocenters.